The maximum atomic E-state index is 5.99. The molecule has 2 heterocycles. The molecule has 0 radical (unpaired) electrons. The maximum absolute atomic E-state index is 5.99. The lowest BCUT2D eigenvalue weighted by molar-refractivity contribution is 0.689. The van der Waals surface area contributed by atoms with Crippen molar-refractivity contribution >= 4 is 45.5 Å². The van der Waals surface area contributed by atoms with Crippen molar-refractivity contribution in [3.05, 3.63) is 10.4 Å². The van der Waals surface area contributed by atoms with Crippen molar-refractivity contribution in [2.24, 2.45) is 0 Å². The van der Waals surface area contributed by atoms with Crippen molar-refractivity contribution in [3.63, 3.8) is 0 Å². The van der Waals surface area contributed by atoms with E-state index in [9.17, 15) is 0 Å². The van der Waals surface area contributed by atoms with Gasteiger partial charge in [0, 0.05) is 11.9 Å². The lowest BCUT2D eigenvalue weighted by atomic mass is 10.2. The molecule has 3 N–H and O–H groups in total. The third-order valence-electron chi connectivity index (χ3n) is 3.15. The topological polar surface area (TPSA) is 63.8 Å². The molecule has 0 spiro atoms. The van der Waals surface area contributed by atoms with E-state index in [0.717, 1.165) is 27.8 Å². The van der Waals surface area contributed by atoms with Crippen LogP contribution < -0.4 is 11.1 Å². The first kappa shape index (κ1) is 16.6. The monoisotopic (exact) mass is 342 g/mol. The zero-order chi connectivity index (χ0) is 15.1. The first-order valence-corrected chi connectivity index (χ1v) is 10.2. The van der Waals surface area contributed by atoms with Gasteiger partial charge in [0.05, 0.1) is 16.3 Å². The van der Waals surface area contributed by atoms with E-state index in [1.54, 1.807) is 11.3 Å². The first-order chi connectivity index (χ1) is 10.2. The summed E-state index contributed by atoms with van der Waals surface area (Å²) < 4.78 is 4.26. The zero-order valence-electron chi connectivity index (χ0n) is 12.5. The number of nitrogens with one attached hydrogen (secondary N) is 1. The third kappa shape index (κ3) is 4.86. The molecular weight excluding hydrogens is 320 g/mol. The molecule has 0 aliphatic rings. The van der Waals surface area contributed by atoms with Gasteiger partial charge in [0.1, 0.15) is 10.8 Å². The van der Waals surface area contributed by atoms with E-state index in [1.165, 1.54) is 43.0 Å². The molecule has 21 heavy (non-hydrogen) atoms. The summed E-state index contributed by atoms with van der Waals surface area (Å²) in [6.45, 7) is 2.98. The fraction of sp³-hybridized carbons (Fsp3) is 0.571. The highest BCUT2D eigenvalue weighted by molar-refractivity contribution is 7.98. The number of rotatable bonds is 9. The maximum Gasteiger partial charge on any atom is 0.148 e. The van der Waals surface area contributed by atoms with Gasteiger partial charge in [-0.2, -0.15) is 16.1 Å². The highest BCUT2D eigenvalue weighted by atomic mass is 32.2. The van der Waals surface area contributed by atoms with E-state index >= 15 is 0 Å². The van der Waals surface area contributed by atoms with Gasteiger partial charge in [-0.1, -0.05) is 12.8 Å². The fourth-order valence-electron chi connectivity index (χ4n) is 2.08. The Kier molecular flexibility index (Phi) is 6.79. The minimum absolute atomic E-state index is 0.577. The number of thioether (sulfide) groups is 1. The van der Waals surface area contributed by atoms with Crippen molar-refractivity contribution in [1.82, 2.24) is 9.36 Å². The Balaban J connectivity index is 1.84. The average molecular weight is 343 g/mol. The number of nitrogens with two attached hydrogens (primary N) is 1. The molecule has 7 heteroatoms. The van der Waals surface area contributed by atoms with Gasteiger partial charge >= 0.3 is 0 Å². The van der Waals surface area contributed by atoms with Gasteiger partial charge in [-0.05, 0) is 43.3 Å². The van der Waals surface area contributed by atoms with Crippen molar-refractivity contribution in [1.29, 1.82) is 0 Å². The van der Waals surface area contributed by atoms with Gasteiger partial charge in [-0.25, -0.2) is 4.98 Å². The summed E-state index contributed by atoms with van der Waals surface area (Å²) in [5, 5.41) is 7.61. The Morgan fingerprint density at radius 1 is 1.29 bits per heavy atom. The number of nitrogens with zero attached hydrogens (tertiary/aromatic N) is 2. The number of aryl methyl sites for hydroxylation is 1. The Labute approximate surface area is 138 Å². The van der Waals surface area contributed by atoms with Crippen LogP contribution in [0, 0.1) is 6.92 Å². The highest BCUT2D eigenvalue weighted by Gasteiger charge is 2.15. The minimum atomic E-state index is 0.577. The van der Waals surface area contributed by atoms with Crippen LogP contribution in [0.25, 0.3) is 11.3 Å². The Morgan fingerprint density at radius 2 is 2.10 bits per heavy atom. The van der Waals surface area contributed by atoms with E-state index in [4.69, 9.17) is 5.73 Å². The minimum Gasteiger partial charge on any atom is -0.382 e. The van der Waals surface area contributed by atoms with Gasteiger partial charge in [0.2, 0.25) is 0 Å². The van der Waals surface area contributed by atoms with Gasteiger partial charge in [-0.3, -0.25) is 0 Å². The highest BCUT2D eigenvalue weighted by Crippen LogP contribution is 2.37. The molecule has 0 unspecified atom stereocenters. The number of unbranched alkanes of at least 4 members (excludes halogenated alkanes) is 3. The van der Waals surface area contributed by atoms with Crippen molar-refractivity contribution in [2.75, 3.05) is 29.6 Å². The van der Waals surface area contributed by atoms with Crippen LogP contribution in [-0.4, -0.2) is 27.9 Å². The van der Waals surface area contributed by atoms with E-state index in [1.807, 2.05) is 24.1 Å². The fourth-order valence-corrected chi connectivity index (χ4v) is 3.92. The Morgan fingerprint density at radius 3 is 2.81 bits per heavy atom. The van der Waals surface area contributed by atoms with Gasteiger partial charge in [0.15, 0.2) is 0 Å². The van der Waals surface area contributed by atoms with Crippen molar-refractivity contribution in [3.8, 4) is 11.3 Å². The molecule has 0 saturated heterocycles. The normalized spacial score (nSPS) is 11.0. The number of aromatic nitrogens is 2. The van der Waals surface area contributed by atoms with Crippen LogP contribution in [0.4, 0.5) is 10.8 Å². The van der Waals surface area contributed by atoms with E-state index in [-0.39, 0.29) is 0 Å². The van der Waals surface area contributed by atoms with E-state index < -0.39 is 0 Å². The predicted octanol–water partition coefficient (Wildman–Crippen LogP) is 4.49. The number of nitrogen functional groups attached to an aromatic ring is 1. The summed E-state index contributed by atoms with van der Waals surface area (Å²) in [7, 11) is 0. The zero-order valence-corrected chi connectivity index (χ0v) is 15.0. The van der Waals surface area contributed by atoms with Crippen molar-refractivity contribution in [2.45, 2.75) is 32.6 Å². The molecular formula is C14H22N4S3. The first-order valence-electron chi connectivity index (χ1n) is 7.13. The molecule has 4 nitrogen and oxygen atoms in total. The lowest BCUT2D eigenvalue weighted by Crippen LogP contribution is -2.01. The second-order valence-electron chi connectivity index (χ2n) is 4.86. The quantitative estimate of drug-likeness (QED) is 0.657. The second kappa shape index (κ2) is 8.60. The molecule has 0 atom stereocenters. The SMILES string of the molecule is CSCCCCCCNc1snc(N)c1-c1csc(C)n1. The van der Waals surface area contributed by atoms with E-state index in [2.05, 4.69) is 20.9 Å². The van der Waals surface area contributed by atoms with Crippen LogP contribution in [0.2, 0.25) is 0 Å². The summed E-state index contributed by atoms with van der Waals surface area (Å²) in [6, 6.07) is 0. The summed E-state index contributed by atoms with van der Waals surface area (Å²) in [5.41, 5.74) is 7.89. The summed E-state index contributed by atoms with van der Waals surface area (Å²) >= 11 is 4.99. The molecule has 2 aromatic rings. The van der Waals surface area contributed by atoms with E-state index in [0.29, 0.717) is 5.82 Å². The number of thiazole rings is 1. The summed E-state index contributed by atoms with van der Waals surface area (Å²) in [4.78, 5) is 4.52. The number of hydrogen-bond donors (Lipinski definition) is 2. The third-order valence-corrected chi connectivity index (χ3v) is 5.44. The molecule has 0 aliphatic carbocycles. The molecule has 0 bridgehead atoms. The molecule has 0 amide bonds. The number of anilines is 2. The van der Waals surface area contributed by atoms with Crippen LogP contribution in [0.5, 0.6) is 0 Å². The second-order valence-corrected chi connectivity index (χ2v) is 7.68. The average Bonchev–Trinajstić information content (AvgIpc) is 3.04. The van der Waals surface area contributed by atoms with Crippen LogP contribution in [0.1, 0.15) is 30.7 Å². The largest absolute Gasteiger partial charge is 0.382 e. The van der Waals surface area contributed by atoms with Gasteiger partial charge in [-0.15, -0.1) is 11.3 Å². The van der Waals surface area contributed by atoms with Crippen LogP contribution >= 0.6 is 34.6 Å². The molecule has 2 aromatic heterocycles. The molecule has 0 aliphatic heterocycles. The number of hydrogen-bond acceptors (Lipinski definition) is 7. The van der Waals surface area contributed by atoms with Crippen molar-refractivity contribution < 1.29 is 0 Å². The van der Waals surface area contributed by atoms with Crippen LogP contribution in [0.15, 0.2) is 5.38 Å². The van der Waals surface area contributed by atoms with Crippen LogP contribution in [0.3, 0.4) is 0 Å². The van der Waals surface area contributed by atoms with Crippen LogP contribution in [-0.2, 0) is 0 Å². The standard InChI is InChI=1S/C14H22N4S3/c1-10-17-11(9-20-10)12-13(15)18-21-14(12)16-7-5-3-4-6-8-19-2/h9,16H,3-8H2,1-2H3,(H2,15,18). The Hall–Kier alpha value is -0.790. The predicted molar refractivity (Wildman–Crippen MR) is 97.7 cm³/mol. The van der Waals surface area contributed by atoms with Gasteiger partial charge < -0.3 is 11.1 Å². The Bertz CT molecular complexity index is 550. The molecule has 2 rings (SSSR count). The molecule has 0 fully saturated rings. The molecule has 116 valence electrons. The van der Waals surface area contributed by atoms with Gasteiger partial charge in [0.25, 0.3) is 0 Å². The molecule has 0 saturated carbocycles. The smallest absolute Gasteiger partial charge is 0.148 e. The lowest BCUT2D eigenvalue weighted by Gasteiger charge is -2.05. The molecule has 0 aromatic carbocycles. The summed E-state index contributed by atoms with van der Waals surface area (Å²) in [6.07, 6.45) is 7.25. The summed E-state index contributed by atoms with van der Waals surface area (Å²) in [5.74, 6) is 1.85.